The molecule has 1 heterocycles. The topological polar surface area (TPSA) is 18.5 Å². The normalized spacial score (nSPS) is 41.8. The number of methoxy groups -OCH3 is 1. The van der Waals surface area contributed by atoms with Crippen molar-refractivity contribution in [2.24, 2.45) is 17.8 Å². The molecule has 0 bridgehead atoms. The fourth-order valence-corrected chi connectivity index (χ4v) is 2.49. The summed E-state index contributed by atoms with van der Waals surface area (Å²) in [6, 6.07) is 0. The molecule has 0 aromatic carbocycles. The second-order valence-corrected chi connectivity index (χ2v) is 5.00. The van der Waals surface area contributed by atoms with Gasteiger partial charge in [0.2, 0.25) is 0 Å². The van der Waals surface area contributed by atoms with E-state index in [9.17, 15) is 0 Å². The summed E-state index contributed by atoms with van der Waals surface area (Å²) < 4.78 is 11.4. The number of unbranched alkanes of at least 4 members (excludes halogenated alkanes) is 1. The second-order valence-electron chi connectivity index (χ2n) is 5.00. The highest BCUT2D eigenvalue weighted by Gasteiger charge is 2.38. The van der Waals surface area contributed by atoms with Crippen molar-refractivity contribution in [1.82, 2.24) is 0 Å². The van der Waals surface area contributed by atoms with Crippen LogP contribution in [0.3, 0.4) is 0 Å². The third kappa shape index (κ3) is 2.94. The van der Waals surface area contributed by atoms with Gasteiger partial charge < -0.3 is 9.47 Å². The monoisotopic (exact) mass is 214 g/mol. The lowest BCUT2D eigenvalue weighted by molar-refractivity contribution is -0.238. The lowest BCUT2D eigenvalue weighted by atomic mass is 9.78. The molecule has 0 radical (unpaired) electrons. The van der Waals surface area contributed by atoms with Gasteiger partial charge in [-0.25, -0.2) is 0 Å². The summed E-state index contributed by atoms with van der Waals surface area (Å²) in [6.45, 7) is 9.09. The van der Waals surface area contributed by atoms with E-state index in [1.165, 1.54) is 19.3 Å². The van der Waals surface area contributed by atoms with Gasteiger partial charge >= 0.3 is 0 Å². The van der Waals surface area contributed by atoms with Crippen LogP contribution in [-0.4, -0.2) is 19.5 Å². The van der Waals surface area contributed by atoms with Gasteiger partial charge in [-0.1, -0.05) is 40.5 Å². The van der Waals surface area contributed by atoms with Crippen molar-refractivity contribution in [1.29, 1.82) is 0 Å². The maximum Gasteiger partial charge on any atom is 0.160 e. The molecule has 1 rings (SSSR count). The van der Waals surface area contributed by atoms with Crippen LogP contribution >= 0.6 is 0 Å². The van der Waals surface area contributed by atoms with Crippen LogP contribution in [-0.2, 0) is 9.47 Å². The molecule has 0 saturated carbocycles. The molecule has 0 amide bonds. The lowest BCUT2D eigenvalue weighted by Gasteiger charge is -2.43. The van der Waals surface area contributed by atoms with Gasteiger partial charge in [0.15, 0.2) is 6.29 Å². The minimum absolute atomic E-state index is 0.00180. The largest absolute Gasteiger partial charge is 0.356 e. The predicted molar refractivity (Wildman–Crippen MR) is 62.7 cm³/mol. The predicted octanol–water partition coefficient (Wildman–Crippen LogP) is 3.46. The molecule has 0 aromatic heterocycles. The minimum Gasteiger partial charge on any atom is -0.356 e. The van der Waals surface area contributed by atoms with E-state index in [0.29, 0.717) is 23.9 Å². The molecule has 1 aliphatic heterocycles. The van der Waals surface area contributed by atoms with E-state index in [1.54, 1.807) is 7.11 Å². The second kappa shape index (κ2) is 5.86. The molecule has 0 spiro atoms. The molecule has 0 N–H and O–H groups in total. The molecule has 90 valence electrons. The molecule has 15 heavy (non-hydrogen) atoms. The Kier molecular flexibility index (Phi) is 5.07. The third-order valence-corrected chi connectivity index (χ3v) is 4.06. The van der Waals surface area contributed by atoms with Gasteiger partial charge in [0.25, 0.3) is 0 Å². The fourth-order valence-electron chi connectivity index (χ4n) is 2.49. The lowest BCUT2D eigenvalue weighted by Crippen LogP contribution is -2.45. The van der Waals surface area contributed by atoms with Crippen LogP contribution in [0, 0.1) is 17.8 Å². The Balaban J connectivity index is 2.57. The van der Waals surface area contributed by atoms with Crippen molar-refractivity contribution in [2.75, 3.05) is 7.11 Å². The van der Waals surface area contributed by atoms with Gasteiger partial charge in [-0.05, 0) is 18.3 Å². The SMILES string of the molecule is CCCCC1OC(OC)C(C)C(C)C1C. The highest BCUT2D eigenvalue weighted by Crippen LogP contribution is 2.36. The third-order valence-electron chi connectivity index (χ3n) is 4.06. The quantitative estimate of drug-likeness (QED) is 0.713. The standard InChI is InChI=1S/C13H26O2/c1-6-7-8-12-10(3)9(2)11(4)13(14-5)15-12/h9-13H,6-8H2,1-5H3. The van der Waals surface area contributed by atoms with Crippen molar-refractivity contribution >= 4 is 0 Å². The van der Waals surface area contributed by atoms with Crippen molar-refractivity contribution in [3.05, 3.63) is 0 Å². The molecule has 1 fully saturated rings. The maximum atomic E-state index is 6.01. The summed E-state index contributed by atoms with van der Waals surface area (Å²) in [6.07, 6.45) is 4.06. The first-order valence-electron chi connectivity index (χ1n) is 6.30. The highest BCUT2D eigenvalue weighted by molar-refractivity contribution is 4.82. The Morgan fingerprint density at radius 1 is 1.07 bits per heavy atom. The average Bonchev–Trinajstić information content (AvgIpc) is 2.25. The van der Waals surface area contributed by atoms with Crippen molar-refractivity contribution in [3.63, 3.8) is 0 Å². The van der Waals surface area contributed by atoms with E-state index in [2.05, 4.69) is 27.7 Å². The van der Waals surface area contributed by atoms with Gasteiger partial charge in [-0.2, -0.15) is 0 Å². The summed E-state index contributed by atoms with van der Waals surface area (Å²) in [5.74, 6) is 1.84. The number of hydrogen-bond donors (Lipinski definition) is 0. The van der Waals surface area contributed by atoms with Crippen molar-refractivity contribution in [3.8, 4) is 0 Å². The van der Waals surface area contributed by atoms with E-state index in [-0.39, 0.29) is 6.29 Å². The van der Waals surface area contributed by atoms with Crippen LogP contribution in [0.5, 0.6) is 0 Å². The van der Waals surface area contributed by atoms with Gasteiger partial charge in [0.05, 0.1) is 6.10 Å². The molecular formula is C13H26O2. The van der Waals surface area contributed by atoms with Crippen LogP contribution in [0.1, 0.15) is 47.0 Å². The summed E-state index contributed by atoms with van der Waals surface area (Å²) in [5, 5.41) is 0. The number of rotatable bonds is 4. The van der Waals surface area contributed by atoms with E-state index in [0.717, 1.165) is 0 Å². The molecule has 1 aliphatic rings. The van der Waals surface area contributed by atoms with Crippen LogP contribution in [0.2, 0.25) is 0 Å². The fraction of sp³-hybridized carbons (Fsp3) is 1.00. The van der Waals surface area contributed by atoms with Crippen LogP contribution in [0.25, 0.3) is 0 Å². The van der Waals surface area contributed by atoms with Crippen molar-refractivity contribution < 1.29 is 9.47 Å². The molecule has 0 aromatic rings. The summed E-state index contributed by atoms with van der Waals surface area (Å²) >= 11 is 0. The zero-order valence-electron chi connectivity index (χ0n) is 10.8. The van der Waals surface area contributed by atoms with Gasteiger partial charge in [0.1, 0.15) is 0 Å². The van der Waals surface area contributed by atoms with E-state index < -0.39 is 0 Å². The smallest absolute Gasteiger partial charge is 0.160 e. The molecule has 2 heteroatoms. The van der Waals surface area contributed by atoms with Crippen LogP contribution in [0.15, 0.2) is 0 Å². The molecule has 0 aliphatic carbocycles. The number of ether oxygens (including phenoxy) is 2. The maximum absolute atomic E-state index is 6.01. The van der Waals surface area contributed by atoms with Gasteiger partial charge in [-0.15, -0.1) is 0 Å². The van der Waals surface area contributed by atoms with Crippen LogP contribution in [0.4, 0.5) is 0 Å². The Morgan fingerprint density at radius 3 is 2.27 bits per heavy atom. The van der Waals surface area contributed by atoms with E-state index in [1.807, 2.05) is 0 Å². The first kappa shape index (κ1) is 13.0. The Morgan fingerprint density at radius 2 is 1.73 bits per heavy atom. The Labute approximate surface area is 94.3 Å². The summed E-state index contributed by atoms with van der Waals surface area (Å²) in [7, 11) is 1.75. The van der Waals surface area contributed by atoms with Crippen molar-refractivity contribution in [2.45, 2.75) is 59.4 Å². The average molecular weight is 214 g/mol. The molecule has 5 unspecified atom stereocenters. The molecule has 2 nitrogen and oxygen atoms in total. The molecule has 1 saturated heterocycles. The van der Waals surface area contributed by atoms with Gasteiger partial charge in [-0.3, -0.25) is 0 Å². The first-order chi connectivity index (χ1) is 7.11. The Hall–Kier alpha value is -0.0800. The minimum atomic E-state index is -0.00180. The number of hydrogen-bond acceptors (Lipinski definition) is 2. The highest BCUT2D eigenvalue weighted by atomic mass is 16.7. The van der Waals surface area contributed by atoms with Crippen LogP contribution < -0.4 is 0 Å². The zero-order valence-corrected chi connectivity index (χ0v) is 10.8. The van der Waals surface area contributed by atoms with E-state index in [4.69, 9.17) is 9.47 Å². The first-order valence-corrected chi connectivity index (χ1v) is 6.30. The summed E-state index contributed by atoms with van der Waals surface area (Å²) in [5.41, 5.74) is 0. The van der Waals surface area contributed by atoms with Gasteiger partial charge in [0, 0.05) is 13.0 Å². The Bertz CT molecular complexity index is 179. The van der Waals surface area contributed by atoms with E-state index >= 15 is 0 Å². The summed E-state index contributed by atoms with van der Waals surface area (Å²) in [4.78, 5) is 0. The zero-order chi connectivity index (χ0) is 11.4. The molecular weight excluding hydrogens is 188 g/mol. The molecule has 5 atom stereocenters.